The molecule has 0 amide bonds. The first-order valence-corrected chi connectivity index (χ1v) is 8.25. The number of rotatable bonds is 8. The van der Waals surface area contributed by atoms with E-state index in [0.717, 1.165) is 35.6 Å². The van der Waals surface area contributed by atoms with E-state index in [1.807, 2.05) is 31.3 Å². The molecule has 0 fully saturated rings. The van der Waals surface area contributed by atoms with Gasteiger partial charge in [-0.25, -0.2) is 0 Å². The molecule has 2 unspecified atom stereocenters. The highest BCUT2D eigenvalue weighted by Crippen LogP contribution is 2.12. The normalized spacial score (nSPS) is 14.4. The van der Waals surface area contributed by atoms with Crippen molar-refractivity contribution in [2.24, 2.45) is 0 Å². The van der Waals surface area contributed by atoms with Gasteiger partial charge in [0, 0.05) is 33.4 Å². The molecule has 0 heterocycles. The molecule has 2 atom stereocenters. The fourth-order valence-corrected chi connectivity index (χ4v) is 3.06. The van der Waals surface area contributed by atoms with Gasteiger partial charge in [-0.1, -0.05) is 30.2 Å². The molecule has 102 valence electrons. The lowest BCUT2D eigenvalue weighted by Crippen LogP contribution is -2.20. The zero-order valence-electron chi connectivity index (χ0n) is 11.1. The maximum atomic E-state index is 11.9. The number of nitrogens with one attached hydrogen (secondary N) is 1. The van der Waals surface area contributed by atoms with Crippen molar-refractivity contribution in [1.82, 2.24) is 5.32 Å². The van der Waals surface area contributed by atoms with Crippen LogP contribution in [0.3, 0.4) is 0 Å². The lowest BCUT2D eigenvalue weighted by molar-refractivity contribution is 0.537. The summed E-state index contributed by atoms with van der Waals surface area (Å²) < 4.78 is 11.9. The molecule has 0 saturated carbocycles. The summed E-state index contributed by atoms with van der Waals surface area (Å²) in [5, 5.41) is 3.94. The minimum absolute atomic E-state index is 0.551. The Morgan fingerprint density at radius 3 is 2.56 bits per heavy atom. The van der Waals surface area contributed by atoms with Crippen LogP contribution < -0.4 is 5.32 Å². The van der Waals surface area contributed by atoms with Gasteiger partial charge in [-0.2, -0.15) is 0 Å². The molecule has 0 aliphatic heterocycles. The second kappa shape index (κ2) is 8.68. The van der Waals surface area contributed by atoms with Gasteiger partial charge in [-0.05, 0) is 44.5 Å². The first-order chi connectivity index (χ1) is 8.61. The van der Waals surface area contributed by atoms with Crippen molar-refractivity contribution in [2.75, 3.05) is 12.8 Å². The number of halogens is 1. The number of benzene rings is 1. The summed E-state index contributed by atoms with van der Waals surface area (Å²) in [7, 11) is 1.22. The summed E-state index contributed by atoms with van der Waals surface area (Å²) in [6, 6.07) is 8.15. The van der Waals surface area contributed by atoms with Crippen molar-refractivity contribution < 1.29 is 4.21 Å². The average Bonchev–Trinajstić information content (AvgIpc) is 2.37. The molecule has 0 radical (unpaired) electrons. The van der Waals surface area contributed by atoms with Crippen LogP contribution in [0.2, 0.25) is 5.02 Å². The van der Waals surface area contributed by atoms with E-state index < -0.39 is 10.8 Å². The van der Waals surface area contributed by atoms with Crippen LogP contribution in [-0.4, -0.2) is 23.1 Å². The van der Waals surface area contributed by atoms with Crippen molar-refractivity contribution in [3.05, 3.63) is 34.9 Å². The molecule has 0 aliphatic carbocycles. The number of hydrogen-bond donors (Lipinski definition) is 1. The van der Waals surface area contributed by atoms with Crippen molar-refractivity contribution in [3.63, 3.8) is 0 Å². The van der Waals surface area contributed by atoms with Crippen LogP contribution in [0.1, 0.15) is 31.7 Å². The minimum atomic E-state index is -0.758. The summed E-state index contributed by atoms with van der Waals surface area (Å²) in [5.41, 5.74) is 1.10. The molecule has 1 rings (SSSR count). The van der Waals surface area contributed by atoms with Gasteiger partial charge >= 0.3 is 0 Å². The number of hydrogen-bond acceptors (Lipinski definition) is 2. The van der Waals surface area contributed by atoms with Gasteiger partial charge in [0.05, 0.1) is 0 Å². The molecule has 18 heavy (non-hydrogen) atoms. The first kappa shape index (κ1) is 15.7. The smallest absolute Gasteiger partial charge is 0.0485 e. The fourth-order valence-electron chi connectivity index (χ4n) is 1.70. The second-order valence-electron chi connectivity index (χ2n) is 4.60. The number of unbranched alkanes of at least 4 members (excludes halogenated alkanes) is 1. The summed E-state index contributed by atoms with van der Waals surface area (Å²) in [6.07, 6.45) is 3.31. The SMILES string of the molecule is CNC(C)CCCCS(=O)Cc1ccc(Cl)cc1. The van der Waals surface area contributed by atoms with Gasteiger partial charge in [0.1, 0.15) is 0 Å². The summed E-state index contributed by atoms with van der Waals surface area (Å²) in [6.45, 7) is 2.17. The molecule has 0 spiro atoms. The van der Waals surface area contributed by atoms with E-state index >= 15 is 0 Å². The third-order valence-corrected chi connectivity index (χ3v) is 4.64. The molecule has 0 aromatic heterocycles. The van der Waals surface area contributed by atoms with Gasteiger partial charge in [0.25, 0.3) is 0 Å². The van der Waals surface area contributed by atoms with Crippen molar-refractivity contribution >= 4 is 22.4 Å². The van der Waals surface area contributed by atoms with Crippen molar-refractivity contribution in [1.29, 1.82) is 0 Å². The van der Waals surface area contributed by atoms with Crippen molar-refractivity contribution in [2.45, 2.75) is 38.0 Å². The van der Waals surface area contributed by atoms with Gasteiger partial charge < -0.3 is 5.32 Å². The molecule has 0 saturated heterocycles. The molecule has 0 aliphatic rings. The zero-order valence-corrected chi connectivity index (χ0v) is 12.7. The molecular formula is C14H22ClNOS. The predicted octanol–water partition coefficient (Wildman–Crippen LogP) is 3.37. The predicted molar refractivity (Wildman–Crippen MR) is 80.5 cm³/mol. The van der Waals surface area contributed by atoms with E-state index in [1.54, 1.807) is 0 Å². The maximum absolute atomic E-state index is 11.9. The molecule has 1 aromatic carbocycles. The molecule has 1 N–H and O–H groups in total. The van der Waals surface area contributed by atoms with E-state index in [0.29, 0.717) is 11.8 Å². The zero-order chi connectivity index (χ0) is 13.4. The molecule has 2 nitrogen and oxygen atoms in total. The second-order valence-corrected chi connectivity index (χ2v) is 6.61. The Kier molecular flexibility index (Phi) is 7.56. The standard InChI is InChI=1S/C14H22ClNOS/c1-12(16-2)5-3-4-10-18(17)11-13-6-8-14(15)9-7-13/h6-9,12,16H,3-5,10-11H2,1-2H3. The Bertz CT molecular complexity index is 367. The van der Waals surface area contributed by atoms with E-state index in [1.165, 1.54) is 0 Å². The first-order valence-electron chi connectivity index (χ1n) is 6.38. The quantitative estimate of drug-likeness (QED) is 0.743. The van der Waals surface area contributed by atoms with Crippen LogP contribution >= 0.6 is 11.6 Å². The highest BCUT2D eigenvalue weighted by atomic mass is 35.5. The Morgan fingerprint density at radius 2 is 1.94 bits per heavy atom. The third kappa shape index (κ3) is 6.53. The molecule has 0 bridgehead atoms. The van der Waals surface area contributed by atoms with E-state index in [2.05, 4.69) is 12.2 Å². The van der Waals surface area contributed by atoms with Crippen LogP contribution in [-0.2, 0) is 16.6 Å². The highest BCUT2D eigenvalue weighted by molar-refractivity contribution is 7.84. The van der Waals surface area contributed by atoms with Crippen LogP contribution in [0.25, 0.3) is 0 Å². The van der Waals surface area contributed by atoms with Crippen LogP contribution in [0.4, 0.5) is 0 Å². The monoisotopic (exact) mass is 287 g/mol. The molecule has 1 aromatic rings. The topological polar surface area (TPSA) is 29.1 Å². The van der Waals surface area contributed by atoms with Gasteiger partial charge in [0.2, 0.25) is 0 Å². The lowest BCUT2D eigenvalue weighted by Gasteiger charge is -2.09. The van der Waals surface area contributed by atoms with E-state index in [-0.39, 0.29) is 0 Å². The average molecular weight is 288 g/mol. The minimum Gasteiger partial charge on any atom is -0.317 e. The van der Waals surface area contributed by atoms with Gasteiger partial charge in [0.15, 0.2) is 0 Å². The van der Waals surface area contributed by atoms with Gasteiger partial charge in [-0.3, -0.25) is 4.21 Å². The Labute approximate surface area is 118 Å². The highest BCUT2D eigenvalue weighted by Gasteiger charge is 2.03. The van der Waals surface area contributed by atoms with Crippen LogP contribution in [0.5, 0.6) is 0 Å². The summed E-state index contributed by atoms with van der Waals surface area (Å²) >= 11 is 5.81. The maximum Gasteiger partial charge on any atom is 0.0485 e. The molecule has 4 heteroatoms. The van der Waals surface area contributed by atoms with Crippen molar-refractivity contribution in [3.8, 4) is 0 Å². The third-order valence-electron chi connectivity index (χ3n) is 2.99. The Balaban J connectivity index is 2.19. The van der Waals surface area contributed by atoms with Crippen LogP contribution in [0, 0.1) is 0 Å². The largest absolute Gasteiger partial charge is 0.317 e. The lowest BCUT2D eigenvalue weighted by atomic mass is 10.1. The fraction of sp³-hybridized carbons (Fsp3) is 0.571. The summed E-state index contributed by atoms with van der Waals surface area (Å²) in [5.74, 6) is 1.43. The molecular weight excluding hydrogens is 266 g/mol. The van der Waals surface area contributed by atoms with E-state index in [4.69, 9.17) is 11.6 Å². The van der Waals surface area contributed by atoms with Crippen LogP contribution in [0.15, 0.2) is 24.3 Å². The summed E-state index contributed by atoms with van der Waals surface area (Å²) in [4.78, 5) is 0. The Hall–Kier alpha value is -0.380. The van der Waals surface area contributed by atoms with E-state index in [9.17, 15) is 4.21 Å². The Morgan fingerprint density at radius 1 is 1.28 bits per heavy atom. The van der Waals surface area contributed by atoms with Gasteiger partial charge in [-0.15, -0.1) is 0 Å².